The van der Waals surface area contributed by atoms with E-state index in [0.29, 0.717) is 5.92 Å². The zero-order chi connectivity index (χ0) is 9.64. The minimum atomic E-state index is 0.123. The van der Waals surface area contributed by atoms with E-state index in [0.717, 1.165) is 0 Å². The molecule has 2 atom stereocenters. The molecule has 13 heavy (non-hydrogen) atoms. The first-order chi connectivity index (χ1) is 6.05. The van der Waals surface area contributed by atoms with Crippen LogP contribution in [0.5, 0.6) is 0 Å². The third-order valence-corrected chi connectivity index (χ3v) is 4.20. The molecular formula is C12H15Cl. The van der Waals surface area contributed by atoms with Crippen LogP contribution in [0, 0.1) is 0 Å². The SMILES string of the molecule is CC1c2ccccc2C(C)(C)C1Cl. The van der Waals surface area contributed by atoms with Crippen LogP contribution in [0.15, 0.2) is 24.3 Å². The molecule has 2 rings (SSSR count). The van der Waals surface area contributed by atoms with E-state index in [1.807, 2.05) is 0 Å². The van der Waals surface area contributed by atoms with Crippen LogP contribution < -0.4 is 0 Å². The van der Waals surface area contributed by atoms with Crippen molar-refractivity contribution in [2.45, 2.75) is 37.5 Å². The van der Waals surface area contributed by atoms with Gasteiger partial charge in [0.25, 0.3) is 0 Å². The monoisotopic (exact) mass is 194 g/mol. The molecule has 2 unspecified atom stereocenters. The Morgan fingerprint density at radius 3 is 2.46 bits per heavy atom. The Morgan fingerprint density at radius 1 is 1.23 bits per heavy atom. The van der Waals surface area contributed by atoms with E-state index in [1.165, 1.54) is 11.1 Å². The summed E-state index contributed by atoms with van der Waals surface area (Å²) in [5.41, 5.74) is 2.97. The molecule has 0 bridgehead atoms. The summed E-state index contributed by atoms with van der Waals surface area (Å²) in [6.45, 7) is 6.67. The summed E-state index contributed by atoms with van der Waals surface area (Å²) in [5.74, 6) is 0.480. The van der Waals surface area contributed by atoms with Gasteiger partial charge in [0, 0.05) is 10.8 Å². The molecule has 0 spiro atoms. The van der Waals surface area contributed by atoms with Gasteiger partial charge in [0.05, 0.1) is 0 Å². The van der Waals surface area contributed by atoms with E-state index in [1.54, 1.807) is 0 Å². The van der Waals surface area contributed by atoms with Crippen molar-refractivity contribution in [3.8, 4) is 0 Å². The number of hydrogen-bond donors (Lipinski definition) is 0. The molecule has 1 aliphatic rings. The van der Waals surface area contributed by atoms with E-state index in [2.05, 4.69) is 45.0 Å². The zero-order valence-electron chi connectivity index (χ0n) is 8.34. The maximum Gasteiger partial charge on any atom is 0.0493 e. The number of rotatable bonds is 0. The van der Waals surface area contributed by atoms with Gasteiger partial charge in [0.1, 0.15) is 0 Å². The summed E-state index contributed by atoms with van der Waals surface area (Å²) in [5, 5.41) is 0.227. The topological polar surface area (TPSA) is 0 Å². The molecule has 0 nitrogen and oxygen atoms in total. The fraction of sp³-hybridized carbons (Fsp3) is 0.500. The maximum absolute atomic E-state index is 6.42. The summed E-state index contributed by atoms with van der Waals surface area (Å²) in [7, 11) is 0. The normalized spacial score (nSPS) is 30.2. The lowest BCUT2D eigenvalue weighted by atomic mass is 9.86. The third-order valence-electron chi connectivity index (χ3n) is 3.27. The van der Waals surface area contributed by atoms with E-state index in [9.17, 15) is 0 Å². The lowest BCUT2D eigenvalue weighted by molar-refractivity contribution is 0.498. The van der Waals surface area contributed by atoms with Crippen molar-refractivity contribution in [3.63, 3.8) is 0 Å². The molecule has 1 aliphatic carbocycles. The number of fused-ring (bicyclic) bond motifs is 1. The summed E-state index contributed by atoms with van der Waals surface area (Å²) in [6.07, 6.45) is 0. The maximum atomic E-state index is 6.42. The van der Waals surface area contributed by atoms with Gasteiger partial charge in [0.15, 0.2) is 0 Å². The van der Waals surface area contributed by atoms with Gasteiger partial charge in [0.2, 0.25) is 0 Å². The minimum absolute atomic E-state index is 0.123. The van der Waals surface area contributed by atoms with Crippen molar-refractivity contribution >= 4 is 11.6 Å². The smallest absolute Gasteiger partial charge is 0.0493 e. The molecule has 0 saturated heterocycles. The largest absolute Gasteiger partial charge is 0.121 e. The molecule has 70 valence electrons. The van der Waals surface area contributed by atoms with Crippen LogP contribution in [0.1, 0.15) is 37.8 Å². The van der Waals surface area contributed by atoms with Crippen LogP contribution in [0.2, 0.25) is 0 Å². The lowest BCUT2D eigenvalue weighted by Crippen LogP contribution is -2.25. The second-order valence-corrected chi connectivity index (χ2v) is 4.97. The fourth-order valence-electron chi connectivity index (χ4n) is 2.41. The molecule has 0 N–H and O–H groups in total. The van der Waals surface area contributed by atoms with Crippen LogP contribution in [0.3, 0.4) is 0 Å². The minimum Gasteiger partial charge on any atom is -0.121 e. The molecular weight excluding hydrogens is 180 g/mol. The Labute approximate surface area is 84.9 Å². The summed E-state index contributed by atoms with van der Waals surface area (Å²) < 4.78 is 0. The lowest BCUT2D eigenvalue weighted by Gasteiger charge is -2.24. The van der Waals surface area contributed by atoms with Crippen LogP contribution in [0.25, 0.3) is 0 Å². The van der Waals surface area contributed by atoms with Crippen LogP contribution in [0.4, 0.5) is 0 Å². The predicted molar refractivity (Wildman–Crippen MR) is 57.5 cm³/mol. The van der Waals surface area contributed by atoms with Gasteiger partial charge in [-0.1, -0.05) is 45.0 Å². The molecule has 1 aromatic rings. The van der Waals surface area contributed by atoms with Gasteiger partial charge in [-0.25, -0.2) is 0 Å². The van der Waals surface area contributed by atoms with Crippen molar-refractivity contribution in [2.24, 2.45) is 0 Å². The summed E-state index contributed by atoms with van der Waals surface area (Å²) in [4.78, 5) is 0. The second-order valence-electron chi connectivity index (χ2n) is 4.50. The Hall–Kier alpha value is -0.490. The summed E-state index contributed by atoms with van der Waals surface area (Å²) in [6, 6.07) is 8.60. The van der Waals surface area contributed by atoms with E-state index < -0.39 is 0 Å². The zero-order valence-corrected chi connectivity index (χ0v) is 9.10. The highest BCUT2D eigenvalue weighted by Crippen LogP contribution is 2.48. The Kier molecular flexibility index (Phi) is 1.92. The number of hydrogen-bond acceptors (Lipinski definition) is 0. The Bertz CT molecular complexity index is 328. The number of alkyl halides is 1. The molecule has 0 fully saturated rings. The van der Waals surface area contributed by atoms with Crippen LogP contribution in [-0.2, 0) is 5.41 Å². The van der Waals surface area contributed by atoms with Crippen molar-refractivity contribution in [3.05, 3.63) is 35.4 Å². The van der Waals surface area contributed by atoms with Crippen molar-refractivity contribution in [1.82, 2.24) is 0 Å². The Balaban J connectivity index is 2.61. The van der Waals surface area contributed by atoms with Gasteiger partial charge in [-0.05, 0) is 17.0 Å². The molecule has 0 amide bonds. The van der Waals surface area contributed by atoms with Crippen LogP contribution in [-0.4, -0.2) is 5.38 Å². The first kappa shape index (κ1) is 9.08. The quantitative estimate of drug-likeness (QED) is 0.553. The Morgan fingerprint density at radius 2 is 1.85 bits per heavy atom. The van der Waals surface area contributed by atoms with Gasteiger partial charge in [-0.2, -0.15) is 0 Å². The van der Waals surface area contributed by atoms with Crippen molar-refractivity contribution in [1.29, 1.82) is 0 Å². The van der Waals surface area contributed by atoms with Gasteiger partial charge >= 0.3 is 0 Å². The molecule has 1 aromatic carbocycles. The van der Waals surface area contributed by atoms with Gasteiger partial charge < -0.3 is 0 Å². The van der Waals surface area contributed by atoms with Gasteiger partial charge in [-0.3, -0.25) is 0 Å². The van der Waals surface area contributed by atoms with Crippen molar-refractivity contribution in [2.75, 3.05) is 0 Å². The van der Waals surface area contributed by atoms with Crippen LogP contribution >= 0.6 is 11.6 Å². The average Bonchev–Trinajstić information content (AvgIpc) is 2.30. The third kappa shape index (κ3) is 1.12. The fourth-order valence-corrected chi connectivity index (χ4v) is 2.67. The molecule has 0 aromatic heterocycles. The first-order valence-electron chi connectivity index (χ1n) is 4.78. The summed E-state index contributed by atoms with van der Waals surface area (Å²) >= 11 is 6.42. The average molecular weight is 195 g/mol. The molecule has 1 heteroatoms. The highest BCUT2D eigenvalue weighted by atomic mass is 35.5. The molecule has 0 saturated carbocycles. The highest BCUT2D eigenvalue weighted by Gasteiger charge is 2.42. The van der Waals surface area contributed by atoms with E-state index in [4.69, 9.17) is 11.6 Å². The van der Waals surface area contributed by atoms with E-state index >= 15 is 0 Å². The first-order valence-corrected chi connectivity index (χ1v) is 5.22. The predicted octanol–water partition coefficient (Wildman–Crippen LogP) is 3.69. The highest BCUT2D eigenvalue weighted by molar-refractivity contribution is 6.22. The molecule has 0 heterocycles. The number of benzene rings is 1. The standard InChI is InChI=1S/C12H15Cl/c1-8-9-6-4-5-7-10(9)12(2,3)11(8)13/h4-8,11H,1-3H3. The molecule has 0 aliphatic heterocycles. The second kappa shape index (κ2) is 2.75. The molecule has 0 radical (unpaired) electrons. The number of halogens is 1. The van der Waals surface area contributed by atoms with E-state index in [-0.39, 0.29) is 10.8 Å². The van der Waals surface area contributed by atoms with Gasteiger partial charge in [-0.15, -0.1) is 11.6 Å². The van der Waals surface area contributed by atoms with Crippen molar-refractivity contribution < 1.29 is 0 Å².